The van der Waals surface area contributed by atoms with Crippen LogP contribution >= 0.6 is 27.5 Å². The number of hydrogen-bond acceptors (Lipinski definition) is 6. The van der Waals surface area contributed by atoms with Crippen LogP contribution in [0.1, 0.15) is 18.9 Å². The van der Waals surface area contributed by atoms with Gasteiger partial charge in [-0.2, -0.15) is 0 Å². The first-order valence-electron chi connectivity index (χ1n) is 8.59. The van der Waals surface area contributed by atoms with E-state index < -0.39 is 5.82 Å². The number of aryl methyl sites for hydroxylation is 1. The molecule has 0 aliphatic carbocycles. The van der Waals surface area contributed by atoms with Crippen LogP contribution in [0.5, 0.6) is 5.75 Å². The average molecular weight is 478 g/mol. The molecule has 148 valence electrons. The molecule has 10 heteroatoms. The van der Waals surface area contributed by atoms with Crippen molar-refractivity contribution in [2.45, 2.75) is 13.0 Å². The van der Waals surface area contributed by atoms with Gasteiger partial charge in [0.2, 0.25) is 0 Å². The number of nitrogens with zero attached hydrogens (tertiary/aromatic N) is 5. The third-order valence-corrected chi connectivity index (χ3v) is 5.01. The first kappa shape index (κ1) is 19.5. The van der Waals surface area contributed by atoms with Gasteiger partial charge in [-0.1, -0.05) is 27.5 Å². The van der Waals surface area contributed by atoms with Crippen LogP contribution < -0.4 is 10.1 Å². The molecule has 4 aromatic rings. The van der Waals surface area contributed by atoms with Gasteiger partial charge < -0.3 is 14.6 Å². The summed E-state index contributed by atoms with van der Waals surface area (Å²) >= 11 is 9.39. The zero-order valence-corrected chi connectivity index (χ0v) is 17.7. The molecule has 0 bridgehead atoms. The first-order chi connectivity index (χ1) is 13.9. The highest BCUT2D eigenvalue weighted by atomic mass is 79.9. The van der Waals surface area contributed by atoms with Crippen molar-refractivity contribution in [1.29, 1.82) is 0 Å². The minimum absolute atomic E-state index is 0.0171. The van der Waals surface area contributed by atoms with E-state index >= 15 is 0 Å². The van der Waals surface area contributed by atoms with Crippen molar-refractivity contribution in [2.75, 3.05) is 5.32 Å². The SMILES string of the molecule is CC(Oc1cc(Br)cc2ncnc(Nc3ccc(F)c(Cl)c3)c12)c1nncn1C. The predicted molar refractivity (Wildman–Crippen MR) is 112 cm³/mol. The molecule has 0 aliphatic rings. The normalized spacial score (nSPS) is 12.2. The fourth-order valence-corrected chi connectivity index (χ4v) is 3.53. The number of rotatable bonds is 5. The van der Waals surface area contributed by atoms with Crippen LogP contribution in [0.25, 0.3) is 10.9 Å². The highest BCUT2D eigenvalue weighted by Crippen LogP contribution is 2.36. The Morgan fingerprint density at radius 1 is 1.24 bits per heavy atom. The molecular formula is C19H15BrClFN6O. The molecule has 4 rings (SSSR count). The van der Waals surface area contributed by atoms with Gasteiger partial charge in [0.05, 0.1) is 15.9 Å². The molecule has 0 aliphatic heterocycles. The summed E-state index contributed by atoms with van der Waals surface area (Å²) < 4.78 is 22.3. The van der Waals surface area contributed by atoms with Gasteiger partial charge in [-0.3, -0.25) is 0 Å². The fraction of sp³-hybridized carbons (Fsp3) is 0.158. The van der Waals surface area contributed by atoms with Crippen LogP contribution in [-0.4, -0.2) is 24.7 Å². The molecule has 2 aromatic heterocycles. The molecule has 0 fully saturated rings. The topological polar surface area (TPSA) is 77.8 Å². The summed E-state index contributed by atoms with van der Waals surface area (Å²) in [6.45, 7) is 1.88. The maximum absolute atomic E-state index is 13.5. The molecule has 7 nitrogen and oxygen atoms in total. The average Bonchev–Trinajstić information content (AvgIpc) is 3.10. The van der Waals surface area contributed by atoms with E-state index in [0.717, 1.165) is 4.47 Å². The van der Waals surface area contributed by atoms with Crippen LogP contribution in [0.3, 0.4) is 0 Å². The molecule has 1 unspecified atom stereocenters. The maximum Gasteiger partial charge on any atom is 0.173 e. The zero-order chi connectivity index (χ0) is 20.5. The van der Waals surface area contributed by atoms with Crippen molar-refractivity contribution in [2.24, 2.45) is 7.05 Å². The summed E-state index contributed by atoms with van der Waals surface area (Å²) in [5.41, 5.74) is 1.26. The Labute approximate surface area is 179 Å². The van der Waals surface area contributed by atoms with E-state index in [1.54, 1.807) is 17.0 Å². The minimum Gasteiger partial charge on any atom is -0.482 e. The van der Waals surface area contributed by atoms with Gasteiger partial charge >= 0.3 is 0 Å². The third kappa shape index (κ3) is 4.01. The summed E-state index contributed by atoms with van der Waals surface area (Å²) in [5.74, 6) is 1.25. The van der Waals surface area contributed by atoms with Gasteiger partial charge in [-0.05, 0) is 37.3 Å². The summed E-state index contributed by atoms with van der Waals surface area (Å²) in [7, 11) is 1.85. The maximum atomic E-state index is 13.5. The number of aromatic nitrogens is 5. The van der Waals surface area contributed by atoms with Crippen LogP contribution in [0.2, 0.25) is 5.02 Å². The number of ether oxygens (including phenoxy) is 1. The van der Waals surface area contributed by atoms with Crippen molar-refractivity contribution >= 4 is 49.9 Å². The monoisotopic (exact) mass is 476 g/mol. The molecule has 1 N–H and O–H groups in total. The molecule has 2 heterocycles. The molecule has 0 amide bonds. The van der Waals surface area contributed by atoms with Gasteiger partial charge in [0.1, 0.15) is 30.0 Å². The molecule has 0 spiro atoms. The molecule has 29 heavy (non-hydrogen) atoms. The number of anilines is 2. The molecule has 1 atom stereocenters. The number of halogens is 3. The zero-order valence-electron chi connectivity index (χ0n) is 15.4. The van der Waals surface area contributed by atoms with Crippen molar-refractivity contribution in [3.63, 3.8) is 0 Å². The Bertz CT molecular complexity index is 1200. The highest BCUT2D eigenvalue weighted by Gasteiger charge is 2.18. The van der Waals surface area contributed by atoms with E-state index in [0.29, 0.717) is 34.0 Å². The van der Waals surface area contributed by atoms with Gasteiger partial charge in [-0.15, -0.1) is 10.2 Å². The van der Waals surface area contributed by atoms with Crippen molar-refractivity contribution in [1.82, 2.24) is 24.7 Å². The van der Waals surface area contributed by atoms with Crippen LogP contribution in [0.4, 0.5) is 15.9 Å². The second-order valence-corrected chi connectivity index (χ2v) is 7.66. The first-order valence-corrected chi connectivity index (χ1v) is 9.76. The fourth-order valence-electron chi connectivity index (χ4n) is 2.92. The van der Waals surface area contributed by atoms with Crippen molar-refractivity contribution in [3.05, 3.63) is 64.1 Å². The molecule has 0 saturated carbocycles. The summed E-state index contributed by atoms with van der Waals surface area (Å²) in [5, 5.41) is 11.9. The second-order valence-electron chi connectivity index (χ2n) is 6.33. The lowest BCUT2D eigenvalue weighted by atomic mass is 10.2. The second kappa shape index (κ2) is 7.92. The Morgan fingerprint density at radius 2 is 2.07 bits per heavy atom. The predicted octanol–water partition coefficient (Wildman–Crippen LogP) is 5.20. The van der Waals surface area contributed by atoms with Crippen molar-refractivity contribution in [3.8, 4) is 5.75 Å². The number of fused-ring (bicyclic) bond motifs is 1. The lowest BCUT2D eigenvalue weighted by molar-refractivity contribution is 0.215. The summed E-state index contributed by atoms with van der Waals surface area (Å²) in [6, 6.07) is 8.06. The Balaban J connectivity index is 1.77. The van der Waals surface area contributed by atoms with Crippen molar-refractivity contribution < 1.29 is 9.13 Å². The number of nitrogens with one attached hydrogen (secondary N) is 1. The van der Waals surface area contributed by atoms with Crippen LogP contribution in [0.15, 0.2) is 47.5 Å². The van der Waals surface area contributed by atoms with Gasteiger partial charge in [0.15, 0.2) is 11.9 Å². The number of hydrogen-bond donors (Lipinski definition) is 1. The lowest BCUT2D eigenvalue weighted by Crippen LogP contribution is -2.10. The Hall–Kier alpha value is -2.78. The van der Waals surface area contributed by atoms with E-state index in [1.165, 1.54) is 18.5 Å². The molecule has 0 saturated heterocycles. The van der Waals surface area contributed by atoms with E-state index in [9.17, 15) is 4.39 Å². The summed E-state index contributed by atoms with van der Waals surface area (Å²) in [6.07, 6.45) is 2.69. The Morgan fingerprint density at radius 3 is 2.79 bits per heavy atom. The van der Waals surface area contributed by atoms with E-state index in [1.807, 2.05) is 26.1 Å². The van der Waals surface area contributed by atoms with E-state index in [4.69, 9.17) is 16.3 Å². The third-order valence-electron chi connectivity index (χ3n) is 4.26. The standard InChI is InChI=1S/C19H15BrClFN6O/c1-10(19-27-25-9-28(19)2)29-16-6-11(20)5-15-17(16)18(24-8-23-15)26-12-3-4-14(22)13(21)7-12/h3-10H,1-2H3,(H,23,24,26). The number of benzene rings is 2. The minimum atomic E-state index is -0.491. The molecule has 2 aromatic carbocycles. The highest BCUT2D eigenvalue weighted by molar-refractivity contribution is 9.10. The van der Waals surface area contributed by atoms with E-state index in [-0.39, 0.29) is 11.1 Å². The Kier molecular flexibility index (Phi) is 5.33. The van der Waals surface area contributed by atoms with Crippen LogP contribution in [-0.2, 0) is 7.05 Å². The van der Waals surface area contributed by atoms with E-state index in [2.05, 4.69) is 41.4 Å². The molecular weight excluding hydrogens is 463 g/mol. The lowest BCUT2D eigenvalue weighted by Gasteiger charge is -2.17. The quantitative estimate of drug-likeness (QED) is 0.426. The smallest absolute Gasteiger partial charge is 0.173 e. The summed E-state index contributed by atoms with van der Waals surface area (Å²) in [4.78, 5) is 8.69. The van der Waals surface area contributed by atoms with Crippen LogP contribution in [0, 0.1) is 5.82 Å². The van der Waals surface area contributed by atoms with Gasteiger partial charge in [-0.25, -0.2) is 14.4 Å². The van der Waals surface area contributed by atoms with Gasteiger partial charge in [0, 0.05) is 17.2 Å². The van der Waals surface area contributed by atoms with Gasteiger partial charge in [0.25, 0.3) is 0 Å². The largest absolute Gasteiger partial charge is 0.482 e. The molecule has 0 radical (unpaired) electrons.